The van der Waals surface area contributed by atoms with Gasteiger partial charge in [-0.1, -0.05) is 19.9 Å². The van der Waals surface area contributed by atoms with Crippen LogP contribution in [0.4, 0.5) is 5.69 Å². The van der Waals surface area contributed by atoms with Gasteiger partial charge in [-0.05, 0) is 42.8 Å². The highest BCUT2D eigenvalue weighted by Crippen LogP contribution is 2.25. The van der Waals surface area contributed by atoms with Crippen molar-refractivity contribution < 1.29 is 22.7 Å². The Morgan fingerprint density at radius 1 is 1.07 bits per heavy atom. The number of nitrogens with zero attached hydrogens (tertiary/aromatic N) is 2. The molecule has 0 atom stereocenters. The normalized spacial score (nSPS) is 11.4. The summed E-state index contributed by atoms with van der Waals surface area (Å²) in [5, 5.41) is 0. The van der Waals surface area contributed by atoms with Gasteiger partial charge in [0.2, 0.25) is 10.0 Å². The van der Waals surface area contributed by atoms with E-state index in [0.717, 1.165) is 0 Å². The summed E-state index contributed by atoms with van der Waals surface area (Å²) in [6.45, 7) is 6.00. The Kier molecular flexibility index (Phi) is 7.64. The zero-order valence-electron chi connectivity index (χ0n) is 17.5. The van der Waals surface area contributed by atoms with E-state index in [1.165, 1.54) is 15.3 Å². The fraction of sp³-hybridized carbons (Fsp3) is 0.381. The zero-order valence-corrected chi connectivity index (χ0v) is 18.3. The zero-order chi connectivity index (χ0) is 21.6. The number of amides is 1. The first-order valence-electron chi connectivity index (χ1n) is 9.38. The summed E-state index contributed by atoms with van der Waals surface area (Å²) in [7, 11) is -0.311. The fourth-order valence-corrected chi connectivity index (χ4v) is 4.40. The molecule has 0 saturated carbocycles. The molecule has 7 nitrogen and oxygen atoms in total. The highest BCUT2D eigenvalue weighted by Gasteiger charge is 2.22. The summed E-state index contributed by atoms with van der Waals surface area (Å²) < 4.78 is 37.5. The average molecular weight is 421 g/mol. The Balaban J connectivity index is 2.10. The molecule has 0 aliphatic heterocycles. The van der Waals surface area contributed by atoms with Crippen molar-refractivity contribution in [2.45, 2.75) is 25.7 Å². The van der Waals surface area contributed by atoms with Crippen LogP contribution in [-0.2, 0) is 14.8 Å². The SMILES string of the molecule is CCN(CC)S(=O)(=O)c1ccc(OCC(=O)N(C)c2cccc(OC)c2)c(C)c1. The lowest BCUT2D eigenvalue weighted by atomic mass is 10.2. The van der Waals surface area contributed by atoms with Gasteiger partial charge in [-0.15, -0.1) is 0 Å². The Morgan fingerprint density at radius 3 is 2.34 bits per heavy atom. The highest BCUT2D eigenvalue weighted by atomic mass is 32.2. The molecule has 0 heterocycles. The van der Waals surface area contributed by atoms with Gasteiger partial charge in [-0.2, -0.15) is 4.31 Å². The highest BCUT2D eigenvalue weighted by molar-refractivity contribution is 7.89. The molecular weight excluding hydrogens is 392 g/mol. The maximum atomic E-state index is 12.6. The maximum Gasteiger partial charge on any atom is 0.264 e. The van der Waals surface area contributed by atoms with E-state index in [4.69, 9.17) is 9.47 Å². The van der Waals surface area contributed by atoms with E-state index in [9.17, 15) is 13.2 Å². The number of hydrogen-bond donors (Lipinski definition) is 0. The average Bonchev–Trinajstić information content (AvgIpc) is 2.72. The Morgan fingerprint density at radius 2 is 1.76 bits per heavy atom. The number of hydrogen-bond acceptors (Lipinski definition) is 5. The van der Waals surface area contributed by atoms with E-state index in [1.54, 1.807) is 71.3 Å². The minimum atomic E-state index is -3.54. The van der Waals surface area contributed by atoms with Crippen LogP contribution in [-0.4, -0.2) is 52.5 Å². The number of carbonyl (C=O) groups is 1. The number of ether oxygens (including phenoxy) is 2. The number of likely N-dealkylation sites (N-methyl/N-ethyl adjacent to an activating group) is 1. The minimum absolute atomic E-state index is 0.170. The first-order chi connectivity index (χ1) is 13.7. The molecule has 0 spiro atoms. The quantitative estimate of drug-likeness (QED) is 0.623. The molecule has 0 saturated heterocycles. The summed E-state index contributed by atoms with van der Waals surface area (Å²) in [5.41, 5.74) is 1.34. The van der Waals surface area contributed by atoms with Crippen molar-refractivity contribution >= 4 is 21.6 Å². The van der Waals surface area contributed by atoms with Crippen LogP contribution in [0, 0.1) is 6.92 Å². The third-order valence-electron chi connectivity index (χ3n) is 4.66. The van der Waals surface area contributed by atoms with Crippen LogP contribution in [0.15, 0.2) is 47.4 Å². The van der Waals surface area contributed by atoms with E-state index < -0.39 is 10.0 Å². The molecule has 0 aromatic heterocycles. The van der Waals surface area contributed by atoms with E-state index in [1.807, 2.05) is 0 Å². The smallest absolute Gasteiger partial charge is 0.264 e. The summed E-state index contributed by atoms with van der Waals surface area (Å²) >= 11 is 0. The molecule has 2 aromatic rings. The van der Waals surface area contributed by atoms with Crippen molar-refractivity contribution in [3.05, 3.63) is 48.0 Å². The lowest BCUT2D eigenvalue weighted by molar-refractivity contribution is -0.120. The topological polar surface area (TPSA) is 76.2 Å². The first-order valence-corrected chi connectivity index (χ1v) is 10.8. The lowest BCUT2D eigenvalue weighted by Gasteiger charge is -2.20. The van der Waals surface area contributed by atoms with E-state index in [0.29, 0.717) is 35.8 Å². The second-order valence-corrected chi connectivity index (χ2v) is 8.40. The Bertz CT molecular complexity index is 955. The second-order valence-electron chi connectivity index (χ2n) is 6.46. The van der Waals surface area contributed by atoms with Gasteiger partial charge >= 0.3 is 0 Å². The molecule has 0 N–H and O–H groups in total. The molecule has 0 fully saturated rings. The van der Waals surface area contributed by atoms with Gasteiger partial charge in [0.25, 0.3) is 5.91 Å². The number of aryl methyl sites for hydroxylation is 1. The van der Waals surface area contributed by atoms with Crippen LogP contribution in [0.5, 0.6) is 11.5 Å². The van der Waals surface area contributed by atoms with Crippen molar-refractivity contribution in [3.8, 4) is 11.5 Å². The molecule has 0 unspecified atom stereocenters. The van der Waals surface area contributed by atoms with Gasteiger partial charge in [0, 0.05) is 31.9 Å². The van der Waals surface area contributed by atoms with Crippen LogP contribution >= 0.6 is 0 Å². The summed E-state index contributed by atoms with van der Waals surface area (Å²) in [6, 6.07) is 11.8. The third-order valence-corrected chi connectivity index (χ3v) is 6.70. The van der Waals surface area contributed by atoms with E-state index >= 15 is 0 Å². The first kappa shape index (κ1) is 22.7. The second kappa shape index (κ2) is 9.76. The van der Waals surface area contributed by atoms with Crippen molar-refractivity contribution in [2.24, 2.45) is 0 Å². The van der Waals surface area contributed by atoms with Gasteiger partial charge in [-0.3, -0.25) is 4.79 Å². The number of benzene rings is 2. The van der Waals surface area contributed by atoms with Crippen molar-refractivity contribution in [3.63, 3.8) is 0 Å². The van der Waals surface area contributed by atoms with E-state index in [2.05, 4.69) is 0 Å². The van der Waals surface area contributed by atoms with Crippen LogP contribution in [0.2, 0.25) is 0 Å². The van der Waals surface area contributed by atoms with Gasteiger partial charge in [0.05, 0.1) is 12.0 Å². The maximum absolute atomic E-state index is 12.6. The van der Waals surface area contributed by atoms with Gasteiger partial charge < -0.3 is 14.4 Å². The van der Waals surface area contributed by atoms with E-state index in [-0.39, 0.29) is 17.4 Å². The predicted octanol–water partition coefficient (Wildman–Crippen LogP) is 3.08. The largest absolute Gasteiger partial charge is 0.497 e. The standard InChI is InChI=1S/C21H28N2O5S/c1-6-23(7-2)29(25,26)19-11-12-20(16(3)13-19)28-15-21(24)22(4)17-9-8-10-18(14-17)27-5/h8-14H,6-7,15H2,1-5H3. The van der Waals surface area contributed by atoms with Crippen LogP contribution in [0.25, 0.3) is 0 Å². The molecule has 158 valence electrons. The molecule has 2 rings (SSSR count). The summed E-state index contributed by atoms with van der Waals surface area (Å²) in [6.07, 6.45) is 0. The number of sulfonamides is 1. The molecule has 0 bridgehead atoms. The van der Waals surface area contributed by atoms with Crippen molar-refractivity contribution in [1.29, 1.82) is 0 Å². The Labute approximate surface area is 172 Å². The van der Waals surface area contributed by atoms with Crippen LogP contribution < -0.4 is 14.4 Å². The predicted molar refractivity (Wildman–Crippen MR) is 113 cm³/mol. The van der Waals surface area contributed by atoms with Gasteiger partial charge in [-0.25, -0.2) is 8.42 Å². The molecule has 1 amide bonds. The third kappa shape index (κ3) is 5.27. The van der Waals surface area contributed by atoms with Crippen LogP contribution in [0.1, 0.15) is 19.4 Å². The number of rotatable bonds is 9. The minimum Gasteiger partial charge on any atom is -0.497 e. The van der Waals surface area contributed by atoms with Crippen LogP contribution in [0.3, 0.4) is 0 Å². The summed E-state index contributed by atoms with van der Waals surface area (Å²) in [5.74, 6) is 0.886. The lowest BCUT2D eigenvalue weighted by Crippen LogP contribution is -2.31. The molecule has 0 aliphatic rings. The molecule has 2 aromatic carbocycles. The number of methoxy groups -OCH3 is 1. The summed E-state index contributed by atoms with van der Waals surface area (Å²) in [4.78, 5) is 14.2. The number of carbonyl (C=O) groups excluding carboxylic acids is 1. The van der Waals surface area contributed by atoms with Gasteiger partial charge in [0.15, 0.2) is 6.61 Å². The molecule has 8 heteroatoms. The molecule has 0 radical (unpaired) electrons. The fourth-order valence-electron chi connectivity index (χ4n) is 2.86. The molecular formula is C21H28N2O5S. The van der Waals surface area contributed by atoms with Gasteiger partial charge in [0.1, 0.15) is 11.5 Å². The van der Waals surface area contributed by atoms with Crippen molar-refractivity contribution in [2.75, 3.05) is 38.8 Å². The number of anilines is 1. The molecule has 29 heavy (non-hydrogen) atoms. The molecule has 0 aliphatic carbocycles. The monoisotopic (exact) mass is 420 g/mol. The Hall–Kier alpha value is -2.58. The van der Waals surface area contributed by atoms with Crippen molar-refractivity contribution in [1.82, 2.24) is 4.31 Å².